The van der Waals surface area contributed by atoms with Crippen molar-refractivity contribution < 1.29 is 13.2 Å². The minimum absolute atomic E-state index is 0.126. The average Bonchev–Trinajstić information content (AvgIpc) is 2.88. The van der Waals surface area contributed by atoms with Crippen LogP contribution >= 0.6 is 0 Å². The molecule has 1 aromatic carbocycles. The molecule has 0 radical (unpaired) electrons. The SMILES string of the molecule is NCc1cccn2cc(Cc3ccccc3C(F)(F)F)nc12. The van der Waals surface area contributed by atoms with E-state index in [0.717, 1.165) is 11.6 Å². The summed E-state index contributed by atoms with van der Waals surface area (Å²) in [4.78, 5) is 4.42. The van der Waals surface area contributed by atoms with E-state index in [0.29, 0.717) is 17.9 Å². The molecule has 3 nitrogen and oxygen atoms in total. The van der Waals surface area contributed by atoms with Crippen LogP contribution < -0.4 is 5.73 Å². The number of fused-ring (bicyclic) bond motifs is 1. The first-order valence-electron chi connectivity index (χ1n) is 6.79. The van der Waals surface area contributed by atoms with Crippen LogP contribution in [0.25, 0.3) is 5.65 Å². The lowest BCUT2D eigenvalue weighted by atomic mass is 10.0. The Morgan fingerprint density at radius 3 is 2.50 bits per heavy atom. The van der Waals surface area contributed by atoms with Gasteiger partial charge in [-0.15, -0.1) is 0 Å². The lowest BCUT2D eigenvalue weighted by Crippen LogP contribution is -2.09. The van der Waals surface area contributed by atoms with Gasteiger partial charge in [0.15, 0.2) is 0 Å². The summed E-state index contributed by atoms with van der Waals surface area (Å²) < 4.78 is 40.9. The van der Waals surface area contributed by atoms with Crippen LogP contribution in [0.15, 0.2) is 48.8 Å². The van der Waals surface area contributed by atoms with Gasteiger partial charge in [0, 0.05) is 30.9 Å². The Hall–Kier alpha value is -2.34. The van der Waals surface area contributed by atoms with Crippen molar-refractivity contribution >= 4 is 5.65 Å². The molecule has 0 atom stereocenters. The molecule has 114 valence electrons. The molecule has 3 aromatic rings. The summed E-state index contributed by atoms with van der Waals surface area (Å²) in [6, 6.07) is 9.27. The molecule has 0 aliphatic rings. The number of imidazole rings is 1. The zero-order chi connectivity index (χ0) is 15.7. The Bertz CT molecular complexity index is 806. The van der Waals surface area contributed by atoms with Crippen LogP contribution in [-0.4, -0.2) is 9.38 Å². The van der Waals surface area contributed by atoms with Gasteiger partial charge in [-0.25, -0.2) is 4.98 Å². The number of hydrogen-bond acceptors (Lipinski definition) is 2. The fourth-order valence-electron chi connectivity index (χ4n) is 2.51. The van der Waals surface area contributed by atoms with E-state index < -0.39 is 11.7 Å². The molecule has 0 fully saturated rings. The van der Waals surface area contributed by atoms with Gasteiger partial charge in [-0.2, -0.15) is 13.2 Å². The fraction of sp³-hybridized carbons (Fsp3) is 0.188. The molecule has 0 spiro atoms. The smallest absolute Gasteiger partial charge is 0.326 e. The molecule has 2 N–H and O–H groups in total. The number of benzene rings is 1. The number of hydrogen-bond donors (Lipinski definition) is 1. The van der Waals surface area contributed by atoms with Gasteiger partial charge in [-0.05, 0) is 17.7 Å². The Morgan fingerprint density at radius 1 is 1.05 bits per heavy atom. The second-order valence-electron chi connectivity index (χ2n) is 5.03. The highest BCUT2D eigenvalue weighted by atomic mass is 19.4. The van der Waals surface area contributed by atoms with Gasteiger partial charge in [0.1, 0.15) is 5.65 Å². The number of rotatable bonds is 3. The van der Waals surface area contributed by atoms with Crippen molar-refractivity contribution in [2.45, 2.75) is 19.1 Å². The van der Waals surface area contributed by atoms with Gasteiger partial charge in [0.2, 0.25) is 0 Å². The van der Waals surface area contributed by atoms with Crippen molar-refractivity contribution in [3.63, 3.8) is 0 Å². The first-order valence-corrected chi connectivity index (χ1v) is 6.79. The Balaban J connectivity index is 2.01. The van der Waals surface area contributed by atoms with Crippen LogP contribution in [0, 0.1) is 0 Å². The number of alkyl halides is 3. The van der Waals surface area contributed by atoms with Crippen molar-refractivity contribution in [2.75, 3.05) is 0 Å². The van der Waals surface area contributed by atoms with Crippen LogP contribution in [0.2, 0.25) is 0 Å². The summed E-state index contributed by atoms with van der Waals surface area (Å²) in [5.74, 6) is 0. The van der Waals surface area contributed by atoms with Crippen molar-refractivity contribution in [2.24, 2.45) is 5.73 Å². The third-order valence-corrected chi connectivity index (χ3v) is 3.53. The Kier molecular flexibility index (Phi) is 3.62. The zero-order valence-electron chi connectivity index (χ0n) is 11.6. The van der Waals surface area contributed by atoms with E-state index in [4.69, 9.17) is 5.73 Å². The third-order valence-electron chi connectivity index (χ3n) is 3.53. The van der Waals surface area contributed by atoms with Gasteiger partial charge in [0.05, 0.1) is 11.3 Å². The van der Waals surface area contributed by atoms with Crippen LogP contribution in [0.1, 0.15) is 22.4 Å². The number of nitrogens with two attached hydrogens (primary N) is 1. The van der Waals surface area contributed by atoms with E-state index in [9.17, 15) is 13.2 Å². The molecular formula is C16H14F3N3. The van der Waals surface area contributed by atoms with Gasteiger partial charge < -0.3 is 10.1 Å². The monoisotopic (exact) mass is 305 g/mol. The molecule has 0 aliphatic carbocycles. The molecular weight excluding hydrogens is 291 g/mol. The van der Waals surface area contributed by atoms with Crippen molar-refractivity contribution in [3.8, 4) is 0 Å². The maximum atomic E-state index is 13.0. The van der Waals surface area contributed by atoms with E-state index in [-0.39, 0.29) is 12.0 Å². The predicted molar refractivity (Wildman–Crippen MR) is 77.3 cm³/mol. The Morgan fingerprint density at radius 2 is 1.77 bits per heavy atom. The van der Waals surface area contributed by atoms with E-state index in [2.05, 4.69) is 4.98 Å². The second-order valence-corrected chi connectivity index (χ2v) is 5.03. The van der Waals surface area contributed by atoms with Crippen LogP contribution in [0.5, 0.6) is 0 Å². The van der Waals surface area contributed by atoms with Gasteiger partial charge in [-0.3, -0.25) is 0 Å². The normalized spacial score (nSPS) is 12.0. The second kappa shape index (κ2) is 5.46. The van der Waals surface area contributed by atoms with Crippen molar-refractivity contribution in [3.05, 3.63) is 71.2 Å². The molecule has 0 unspecified atom stereocenters. The van der Waals surface area contributed by atoms with E-state index in [1.165, 1.54) is 12.1 Å². The molecule has 3 rings (SSSR count). The van der Waals surface area contributed by atoms with E-state index in [1.54, 1.807) is 22.9 Å². The van der Waals surface area contributed by atoms with Crippen LogP contribution in [0.3, 0.4) is 0 Å². The van der Waals surface area contributed by atoms with Crippen molar-refractivity contribution in [1.29, 1.82) is 0 Å². The highest BCUT2D eigenvalue weighted by Gasteiger charge is 2.32. The summed E-state index contributed by atoms with van der Waals surface area (Å²) in [5.41, 5.74) is 7.38. The van der Waals surface area contributed by atoms with Crippen LogP contribution in [0.4, 0.5) is 13.2 Å². The highest BCUT2D eigenvalue weighted by molar-refractivity contribution is 5.49. The first-order chi connectivity index (χ1) is 10.5. The predicted octanol–water partition coefficient (Wildman–Crippen LogP) is 3.40. The van der Waals surface area contributed by atoms with Gasteiger partial charge >= 0.3 is 6.18 Å². The van der Waals surface area contributed by atoms with Crippen molar-refractivity contribution in [1.82, 2.24) is 9.38 Å². The van der Waals surface area contributed by atoms with E-state index >= 15 is 0 Å². The fourth-order valence-corrected chi connectivity index (χ4v) is 2.51. The minimum Gasteiger partial charge on any atom is -0.326 e. The van der Waals surface area contributed by atoms with Gasteiger partial charge in [-0.1, -0.05) is 24.3 Å². The minimum atomic E-state index is -4.36. The molecule has 0 saturated heterocycles. The maximum Gasteiger partial charge on any atom is 0.416 e. The summed E-state index contributed by atoms with van der Waals surface area (Å²) in [6.07, 6.45) is -0.693. The summed E-state index contributed by atoms with van der Waals surface area (Å²) in [5, 5.41) is 0. The molecule has 0 amide bonds. The van der Waals surface area contributed by atoms with Gasteiger partial charge in [0.25, 0.3) is 0 Å². The summed E-state index contributed by atoms with van der Waals surface area (Å²) >= 11 is 0. The molecule has 2 heterocycles. The molecule has 6 heteroatoms. The molecule has 2 aromatic heterocycles. The standard InChI is InChI=1S/C16H14F3N3/c17-16(18,19)14-6-2-1-4-11(14)8-13-10-22-7-3-5-12(9-20)15(22)21-13/h1-7,10H,8-9,20H2. The maximum absolute atomic E-state index is 13.0. The average molecular weight is 305 g/mol. The van der Waals surface area contributed by atoms with Crippen LogP contribution in [-0.2, 0) is 19.1 Å². The highest BCUT2D eigenvalue weighted by Crippen LogP contribution is 2.32. The lowest BCUT2D eigenvalue weighted by Gasteiger charge is -2.11. The topological polar surface area (TPSA) is 43.3 Å². The number of halogens is 3. The third kappa shape index (κ3) is 2.69. The number of aromatic nitrogens is 2. The first kappa shape index (κ1) is 14.6. The quantitative estimate of drug-likeness (QED) is 0.806. The van der Waals surface area contributed by atoms with E-state index in [1.807, 2.05) is 12.1 Å². The molecule has 0 bridgehead atoms. The molecule has 0 saturated carbocycles. The zero-order valence-corrected chi connectivity index (χ0v) is 11.6. The molecule has 0 aliphatic heterocycles. The Labute approximate surface area is 125 Å². The largest absolute Gasteiger partial charge is 0.416 e. The number of nitrogens with zero attached hydrogens (tertiary/aromatic N) is 2. The summed E-state index contributed by atoms with van der Waals surface area (Å²) in [7, 11) is 0. The number of pyridine rings is 1. The summed E-state index contributed by atoms with van der Waals surface area (Å²) in [6.45, 7) is 0.333. The molecule has 22 heavy (non-hydrogen) atoms. The lowest BCUT2D eigenvalue weighted by molar-refractivity contribution is -0.138.